The lowest BCUT2D eigenvalue weighted by Gasteiger charge is -2.12. The molecule has 1 aliphatic heterocycles. The van der Waals surface area contributed by atoms with Crippen LogP contribution >= 0.6 is 15.9 Å². The molecule has 4 nitrogen and oxygen atoms in total. The highest BCUT2D eigenvalue weighted by molar-refractivity contribution is 9.10. The van der Waals surface area contributed by atoms with Gasteiger partial charge in [-0.15, -0.1) is 0 Å². The predicted octanol–water partition coefficient (Wildman–Crippen LogP) is 2.01. The first-order valence-corrected chi connectivity index (χ1v) is 6.24. The number of carbonyl (C=O) groups excluding carboxylic acids is 1. The lowest BCUT2D eigenvalue weighted by Crippen LogP contribution is -2.35. The Morgan fingerprint density at radius 1 is 1.59 bits per heavy atom. The summed E-state index contributed by atoms with van der Waals surface area (Å²) in [6.45, 7) is 0.879. The normalized spacial score (nSPS) is 18.7. The second kappa shape index (κ2) is 5.30. The van der Waals surface area contributed by atoms with Crippen LogP contribution in [-0.2, 0) is 4.79 Å². The van der Waals surface area contributed by atoms with E-state index in [4.69, 9.17) is 5.26 Å². The Bertz CT molecular complexity index is 475. The quantitative estimate of drug-likeness (QED) is 0.877. The number of hydrogen-bond donors (Lipinski definition) is 2. The molecule has 1 amide bonds. The number of halogens is 1. The van der Waals surface area contributed by atoms with Gasteiger partial charge in [-0.25, -0.2) is 0 Å². The van der Waals surface area contributed by atoms with Crippen molar-refractivity contribution in [3.63, 3.8) is 0 Å². The summed E-state index contributed by atoms with van der Waals surface area (Å²) in [5.74, 6) is -0.0682. The minimum atomic E-state index is -0.134. The second-order valence-corrected chi connectivity index (χ2v) is 4.86. The SMILES string of the molecule is N#Cc1cc(Br)ccc1NC(=O)C1CCCN1. The summed E-state index contributed by atoms with van der Waals surface area (Å²) >= 11 is 3.29. The van der Waals surface area contributed by atoms with E-state index in [0.717, 1.165) is 23.9 Å². The molecule has 17 heavy (non-hydrogen) atoms. The van der Waals surface area contributed by atoms with Crippen LogP contribution in [0.1, 0.15) is 18.4 Å². The fraction of sp³-hybridized carbons (Fsp3) is 0.333. The van der Waals surface area contributed by atoms with Gasteiger partial charge in [0.05, 0.1) is 17.3 Å². The number of carbonyl (C=O) groups is 1. The molecule has 1 aromatic rings. The molecular formula is C12H12BrN3O. The minimum Gasteiger partial charge on any atom is -0.324 e. The Morgan fingerprint density at radius 3 is 3.06 bits per heavy atom. The zero-order valence-corrected chi connectivity index (χ0v) is 10.8. The number of nitrogens with zero attached hydrogens (tertiary/aromatic N) is 1. The number of rotatable bonds is 2. The third kappa shape index (κ3) is 2.84. The van der Waals surface area contributed by atoms with Gasteiger partial charge in [0, 0.05) is 4.47 Å². The Kier molecular flexibility index (Phi) is 3.77. The predicted molar refractivity (Wildman–Crippen MR) is 68.5 cm³/mol. The van der Waals surface area contributed by atoms with E-state index in [1.54, 1.807) is 18.2 Å². The first-order chi connectivity index (χ1) is 8.20. The first kappa shape index (κ1) is 12.1. The van der Waals surface area contributed by atoms with Gasteiger partial charge in [-0.3, -0.25) is 4.79 Å². The molecule has 0 radical (unpaired) electrons. The van der Waals surface area contributed by atoms with Gasteiger partial charge >= 0.3 is 0 Å². The van der Waals surface area contributed by atoms with Crippen LogP contribution < -0.4 is 10.6 Å². The van der Waals surface area contributed by atoms with Gasteiger partial charge in [0.25, 0.3) is 0 Å². The summed E-state index contributed by atoms with van der Waals surface area (Å²) in [6, 6.07) is 7.16. The van der Waals surface area contributed by atoms with Gasteiger partial charge in [-0.2, -0.15) is 5.26 Å². The van der Waals surface area contributed by atoms with Crippen molar-refractivity contribution in [3.05, 3.63) is 28.2 Å². The van der Waals surface area contributed by atoms with Crippen LogP contribution in [0.15, 0.2) is 22.7 Å². The van der Waals surface area contributed by atoms with E-state index in [2.05, 4.69) is 32.6 Å². The van der Waals surface area contributed by atoms with Crippen LogP contribution in [0.4, 0.5) is 5.69 Å². The highest BCUT2D eigenvalue weighted by atomic mass is 79.9. The molecular weight excluding hydrogens is 282 g/mol. The Balaban J connectivity index is 2.13. The molecule has 5 heteroatoms. The van der Waals surface area contributed by atoms with E-state index in [-0.39, 0.29) is 11.9 Å². The van der Waals surface area contributed by atoms with Crippen molar-refractivity contribution in [2.75, 3.05) is 11.9 Å². The topological polar surface area (TPSA) is 64.9 Å². The van der Waals surface area contributed by atoms with E-state index in [0.29, 0.717) is 11.3 Å². The van der Waals surface area contributed by atoms with Crippen molar-refractivity contribution >= 4 is 27.5 Å². The van der Waals surface area contributed by atoms with Crippen molar-refractivity contribution < 1.29 is 4.79 Å². The van der Waals surface area contributed by atoms with Gasteiger partial charge in [-0.1, -0.05) is 15.9 Å². The van der Waals surface area contributed by atoms with Crippen LogP contribution in [0, 0.1) is 11.3 Å². The Labute approximate surface area is 108 Å². The number of benzene rings is 1. The summed E-state index contributed by atoms with van der Waals surface area (Å²) in [5, 5.41) is 14.9. The molecule has 1 aromatic carbocycles. The van der Waals surface area contributed by atoms with Gasteiger partial charge in [-0.05, 0) is 37.6 Å². The lowest BCUT2D eigenvalue weighted by atomic mass is 10.1. The summed E-state index contributed by atoms with van der Waals surface area (Å²) in [4.78, 5) is 11.9. The summed E-state index contributed by atoms with van der Waals surface area (Å²) in [5.41, 5.74) is 1.03. The smallest absolute Gasteiger partial charge is 0.241 e. The van der Waals surface area contributed by atoms with Crippen molar-refractivity contribution in [3.8, 4) is 6.07 Å². The molecule has 0 aliphatic carbocycles. The van der Waals surface area contributed by atoms with E-state index in [9.17, 15) is 4.79 Å². The van der Waals surface area contributed by atoms with Gasteiger partial charge in [0.15, 0.2) is 0 Å². The average Bonchev–Trinajstić information content (AvgIpc) is 2.85. The lowest BCUT2D eigenvalue weighted by molar-refractivity contribution is -0.117. The number of anilines is 1. The maximum Gasteiger partial charge on any atom is 0.241 e. The monoisotopic (exact) mass is 293 g/mol. The fourth-order valence-corrected chi connectivity index (χ4v) is 2.21. The molecule has 0 spiro atoms. The van der Waals surface area contributed by atoms with Crippen LogP contribution in [0.3, 0.4) is 0 Å². The summed E-state index contributed by atoms with van der Waals surface area (Å²) in [6.07, 6.45) is 1.87. The van der Waals surface area contributed by atoms with E-state index in [1.807, 2.05) is 0 Å². The standard InChI is InChI=1S/C12H12BrN3O/c13-9-3-4-10(8(6-9)7-14)16-12(17)11-2-1-5-15-11/h3-4,6,11,15H,1-2,5H2,(H,16,17). The molecule has 0 aromatic heterocycles. The summed E-state index contributed by atoms with van der Waals surface area (Å²) < 4.78 is 0.825. The van der Waals surface area contributed by atoms with E-state index < -0.39 is 0 Å². The molecule has 1 atom stereocenters. The number of nitrogens with one attached hydrogen (secondary N) is 2. The largest absolute Gasteiger partial charge is 0.324 e. The van der Waals surface area contributed by atoms with E-state index >= 15 is 0 Å². The summed E-state index contributed by atoms with van der Waals surface area (Å²) in [7, 11) is 0. The Morgan fingerprint density at radius 2 is 2.41 bits per heavy atom. The molecule has 1 saturated heterocycles. The molecule has 1 aliphatic rings. The molecule has 1 fully saturated rings. The second-order valence-electron chi connectivity index (χ2n) is 3.94. The van der Waals surface area contributed by atoms with Gasteiger partial charge < -0.3 is 10.6 Å². The molecule has 1 unspecified atom stereocenters. The van der Waals surface area contributed by atoms with Crippen molar-refractivity contribution in [1.82, 2.24) is 5.32 Å². The van der Waals surface area contributed by atoms with Gasteiger partial charge in [0.2, 0.25) is 5.91 Å². The molecule has 2 N–H and O–H groups in total. The highest BCUT2D eigenvalue weighted by Crippen LogP contribution is 2.21. The Hall–Kier alpha value is -1.38. The van der Waals surface area contributed by atoms with Crippen LogP contribution in [-0.4, -0.2) is 18.5 Å². The molecule has 2 rings (SSSR count). The van der Waals surface area contributed by atoms with Gasteiger partial charge in [0.1, 0.15) is 6.07 Å². The maximum atomic E-state index is 11.9. The van der Waals surface area contributed by atoms with Crippen molar-refractivity contribution in [1.29, 1.82) is 5.26 Å². The maximum absolute atomic E-state index is 11.9. The first-order valence-electron chi connectivity index (χ1n) is 5.44. The third-order valence-corrected chi connectivity index (χ3v) is 3.23. The van der Waals surface area contributed by atoms with Crippen LogP contribution in [0.5, 0.6) is 0 Å². The molecule has 0 bridgehead atoms. The fourth-order valence-electron chi connectivity index (χ4n) is 1.85. The molecule has 88 valence electrons. The third-order valence-electron chi connectivity index (χ3n) is 2.74. The number of hydrogen-bond acceptors (Lipinski definition) is 3. The van der Waals surface area contributed by atoms with E-state index in [1.165, 1.54) is 0 Å². The minimum absolute atomic E-state index is 0.0682. The number of amides is 1. The average molecular weight is 294 g/mol. The zero-order valence-electron chi connectivity index (χ0n) is 9.16. The molecule has 1 heterocycles. The van der Waals surface area contributed by atoms with Crippen molar-refractivity contribution in [2.45, 2.75) is 18.9 Å². The highest BCUT2D eigenvalue weighted by Gasteiger charge is 2.22. The zero-order chi connectivity index (χ0) is 12.3. The molecule has 0 saturated carbocycles. The van der Waals surface area contributed by atoms with Crippen LogP contribution in [0.25, 0.3) is 0 Å². The van der Waals surface area contributed by atoms with Crippen LogP contribution in [0.2, 0.25) is 0 Å². The number of nitriles is 1. The van der Waals surface area contributed by atoms with Crippen molar-refractivity contribution in [2.24, 2.45) is 0 Å².